The number of carbonyl (C=O) groups is 1. The van der Waals surface area contributed by atoms with E-state index in [0.29, 0.717) is 33.5 Å². The maximum atomic E-state index is 12.3. The minimum atomic E-state index is -0.272. The molecule has 0 aliphatic carbocycles. The molecule has 0 saturated heterocycles. The van der Waals surface area contributed by atoms with Crippen molar-refractivity contribution in [2.75, 3.05) is 25.3 Å². The summed E-state index contributed by atoms with van der Waals surface area (Å²) < 4.78 is 10.4. The van der Waals surface area contributed by atoms with Crippen molar-refractivity contribution in [3.05, 3.63) is 46.5 Å². The zero-order valence-corrected chi connectivity index (χ0v) is 13.3. The van der Waals surface area contributed by atoms with Crippen LogP contribution >= 0.6 is 11.6 Å². The van der Waals surface area contributed by atoms with E-state index in [9.17, 15) is 4.79 Å². The molecule has 0 bridgehead atoms. The first-order valence-corrected chi connectivity index (χ1v) is 6.93. The van der Waals surface area contributed by atoms with Crippen LogP contribution in [0.3, 0.4) is 0 Å². The van der Waals surface area contributed by atoms with Crippen molar-refractivity contribution in [1.29, 1.82) is 0 Å². The second-order valence-electron chi connectivity index (χ2n) is 4.71. The zero-order valence-electron chi connectivity index (χ0n) is 12.6. The standard InChI is InChI=1S/C16H17ClN2O3/c1-9-6-10(4-5-12(9)18)16(20)19-13-8-14(21-2)11(17)7-15(13)22-3/h4-8H,18H2,1-3H3,(H,19,20). The maximum absolute atomic E-state index is 12.3. The van der Waals surface area contributed by atoms with Gasteiger partial charge in [-0.15, -0.1) is 0 Å². The number of nitrogens with one attached hydrogen (secondary N) is 1. The molecular weight excluding hydrogens is 304 g/mol. The van der Waals surface area contributed by atoms with Gasteiger partial charge >= 0.3 is 0 Å². The van der Waals surface area contributed by atoms with Crippen LogP contribution in [0.5, 0.6) is 11.5 Å². The molecule has 6 heteroatoms. The number of benzene rings is 2. The molecule has 0 aliphatic heterocycles. The third-order valence-corrected chi connectivity index (χ3v) is 3.55. The fraction of sp³-hybridized carbons (Fsp3) is 0.188. The van der Waals surface area contributed by atoms with E-state index in [1.54, 1.807) is 30.3 Å². The summed E-state index contributed by atoms with van der Waals surface area (Å²) in [5.74, 6) is 0.628. The van der Waals surface area contributed by atoms with Crippen molar-refractivity contribution >= 4 is 28.9 Å². The Morgan fingerprint density at radius 3 is 2.41 bits per heavy atom. The van der Waals surface area contributed by atoms with Gasteiger partial charge in [-0.05, 0) is 30.7 Å². The average molecular weight is 321 g/mol. The first kappa shape index (κ1) is 16.0. The van der Waals surface area contributed by atoms with Crippen LogP contribution in [0, 0.1) is 6.92 Å². The Balaban J connectivity index is 2.32. The molecule has 0 atom stereocenters. The SMILES string of the molecule is COc1cc(NC(=O)c2ccc(N)c(C)c2)c(OC)cc1Cl. The third-order valence-electron chi connectivity index (χ3n) is 3.25. The normalized spacial score (nSPS) is 10.2. The summed E-state index contributed by atoms with van der Waals surface area (Å²) in [7, 11) is 3.00. The Bertz CT molecular complexity index is 717. The van der Waals surface area contributed by atoms with Crippen molar-refractivity contribution in [3.8, 4) is 11.5 Å². The number of amides is 1. The van der Waals surface area contributed by atoms with E-state index >= 15 is 0 Å². The number of nitrogen functional groups attached to an aromatic ring is 1. The van der Waals surface area contributed by atoms with Gasteiger partial charge in [0.1, 0.15) is 11.5 Å². The first-order valence-electron chi connectivity index (χ1n) is 6.55. The molecular formula is C16H17ClN2O3. The van der Waals surface area contributed by atoms with Crippen molar-refractivity contribution in [1.82, 2.24) is 0 Å². The molecule has 0 heterocycles. The molecule has 0 saturated carbocycles. The summed E-state index contributed by atoms with van der Waals surface area (Å²) in [5.41, 5.74) is 8.22. The Morgan fingerprint density at radius 2 is 1.82 bits per heavy atom. The van der Waals surface area contributed by atoms with Gasteiger partial charge in [0.25, 0.3) is 5.91 Å². The Morgan fingerprint density at radius 1 is 1.14 bits per heavy atom. The molecule has 116 valence electrons. The number of ether oxygens (including phenoxy) is 2. The molecule has 0 aliphatic rings. The van der Waals surface area contributed by atoms with Crippen molar-refractivity contribution < 1.29 is 14.3 Å². The predicted molar refractivity (Wildman–Crippen MR) is 88.1 cm³/mol. The Hall–Kier alpha value is -2.40. The molecule has 0 unspecified atom stereocenters. The first-order chi connectivity index (χ1) is 10.5. The lowest BCUT2D eigenvalue weighted by Crippen LogP contribution is -2.13. The van der Waals surface area contributed by atoms with Crippen LogP contribution in [0.1, 0.15) is 15.9 Å². The lowest BCUT2D eigenvalue weighted by Gasteiger charge is -2.13. The molecule has 0 radical (unpaired) electrons. The van der Waals surface area contributed by atoms with E-state index in [4.69, 9.17) is 26.8 Å². The van der Waals surface area contributed by atoms with E-state index in [2.05, 4.69) is 5.32 Å². The number of aryl methyl sites for hydroxylation is 1. The van der Waals surface area contributed by atoms with Crippen LogP contribution in [0.4, 0.5) is 11.4 Å². The minimum absolute atomic E-state index is 0.272. The number of rotatable bonds is 4. The van der Waals surface area contributed by atoms with Gasteiger partial charge < -0.3 is 20.5 Å². The summed E-state index contributed by atoms with van der Waals surface area (Å²) >= 11 is 6.04. The quantitative estimate of drug-likeness (QED) is 0.846. The highest BCUT2D eigenvalue weighted by Gasteiger charge is 2.14. The van der Waals surface area contributed by atoms with Gasteiger partial charge in [0.2, 0.25) is 0 Å². The van der Waals surface area contributed by atoms with Gasteiger partial charge in [-0.2, -0.15) is 0 Å². The van der Waals surface area contributed by atoms with Gasteiger partial charge in [-0.1, -0.05) is 11.6 Å². The molecule has 2 aromatic carbocycles. The molecule has 5 nitrogen and oxygen atoms in total. The summed E-state index contributed by atoms with van der Waals surface area (Å²) in [6, 6.07) is 8.29. The van der Waals surface area contributed by atoms with E-state index in [1.807, 2.05) is 6.92 Å². The highest BCUT2D eigenvalue weighted by Crippen LogP contribution is 2.36. The molecule has 3 N–H and O–H groups in total. The van der Waals surface area contributed by atoms with Gasteiger partial charge in [0, 0.05) is 23.4 Å². The molecule has 0 fully saturated rings. The summed E-state index contributed by atoms with van der Waals surface area (Å²) in [5, 5.41) is 3.19. The third kappa shape index (κ3) is 3.26. The van der Waals surface area contributed by atoms with E-state index < -0.39 is 0 Å². The van der Waals surface area contributed by atoms with Crippen LogP contribution in [0.25, 0.3) is 0 Å². The number of nitrogens with two attached hydrogens (primary N) is 1. The van der Waals surface area contributed by atoms with Gasteiger partial charge in [0.15, 0.2) is 0 Å². The van der Waals surface area contributed by atoms with Crippen molar-refractivity contribution in [3.63, 3.8) is 0 Å². The van der Waals surface area contributed by atoms with E-state index in [1.165, 1.54) is 14.2 Å². The molecule has 22 heavy (non-hydrogen) atoms. The Labute approximate surface area is 134 Å². The van der Waals surface area contributed by atoms with Crippen molar-refractivity contribution in [2.24, 2.45) is 0 Å². The second kappa shape index (κ2) is 6.58. The van der Waals surface area contributed by atoms with Gasteiger partial charge in [-0.3, -0.25) is 4.79 Å². The summed E-state index contributed by atoms with van der Waals surface area (Å²) in [4.78, 5) is 12.3. The molecule has 0 spiro atoms. The molecule has 2 aromatic rings. The van der Waals surface area contributed by atoms with E-state index in [-0.39, 0.29) is 5.91 Å². The highest BCUT2D eigenvalue weighted by atomic mass is 35.5. The van der Waals surface area contributed by atoms with Gasteiger partial charge in [-0.25, -0.2) is 0 Å². The average Bonchev–Trinajstić information content (AvgIpc) is 2.51. The van der Waals surface area contributed by atoms with Crippen LogP contribution in [-0.2, 0) is 0 Å². The number of hydrogen-bond acceptors (Lipinski definition) is 4. The van der Waals surface area contributed by atoms with E-state index in [0.717, 1.165) is 5.56 Å². The lowest BCUT2D eigenvalue weighted by atomic mass is 10.1. The smallest absolute Gasteiger partial charge is 0.255 e. The monoisotopic (exact) mass is 320 g/mol. The lowest BCUT2D eigenvalue weighted by molar-refractivity contribution is 0.102. The topological polar surface area (TPSA) is 73.6 Å². The molecule has 1 amide bonds. The zero-order chi connectivity index (χ0) is 16.3. The number of hydrogen-bond donors (Lipinski definition) is 2. The van der Waals surface area contributed by atoms with Crippen molar-refractivity contribution in [2.45, 2.75) is 6.92 Å². The maximum Gasteiger partial charge on any atom is 0.255 e. The summed E-state index contributed by atoms with van der Waals surface area (Å²) in [6.45, 7) is 1.85. The van der Waals surface area contributed by atoms with Crippen LogP contribution in [-0.4, -0.2) is 20.1 Å². The van der Waals surface area contributed by atoms with Gasteiger partial charge in [0.05, 0.1) is 24.9 Å². The minimum Gasteiger partial charge on any atom is -0.495 e. The summed E-state index contributed by atoms with van der Waals surface area (Å²) in [6.07, 6.45) is 0. The van der Waals surface area contributed by atoms with Crippen LogP contribution < -0.4 is 20.5 Å². The fourth-order valence-electron chi connectivity index (χ4n) is 1.97. The predicted octanol–water partition coefficient (Wildman–Crippen LogP) is 3.50. The number of methoxy groups -OCH3 is 2. The molecule has 0 aromatic heterocycles. The molecule has 2 rings (SSSR count). The highest BCUT2D eigenvalue weighted by molar-refractivity contribution is 6.32. The largest absolute Gasteiger partial charge is 0.495 e. The number of anilines is 2. The van der Waals surface area contributed by atoms with Crippen LogP contribution in [0.2, 0.25) is 5.02 Å². The number of carbonyl (C=O) groups excluding carboxylic acids is 1. The number of halogens is 1. The van der Waals surface area contributed by atoms with Crippen LogP contribution in [0.15, 0.2) is 30.3 Å². The fourth-order valence-corrected chi connectivity index (χ4v) is 2.20. The second-order valence-corrected chi connectivity index (χ2v) is 5.12. The Kier molecular flexibility index (Phi) is 4.78.